The van der Waals surface area contributed by atoms with E-state index in [9.17, 15) is 19.2 Å². The standard InChI is InChI=1S/C19H20N4O5S/c1-4-28-18(26)12-5-7-13(8-6-12)20-15(24)9-22-14-10-29-21-16(14)17(25)23(11(2)3)19(22)27/h5-8,10-11H,4,9H2,1-3H3,(H,20,24). The van der Waals surface area contributed by atoms with Gasteiger partial charge in [0.2, 0.25) is 5.91 Å². The predicted octanol–water partition coefficient (Wildman–Crippen LogP) is 2.02. The Labute approximate surface area is 169 Å². The number of fused-ring (bicyclic) bond motifs is 1. The quantitative estimate of drug-likeness (QED) is 0.615. The van der Waals surface area contributed by atoms with Crippen molar-refractivity contribution in [1.82, 2.24) is 13.5 Å². The van der Waals surface area contributed by atoms with Crippen molar-refractivity contribution in [3.05, 3.63) is 56.0 Å². The zero-order valence-electron chi connectivity index (χ0n) is 16.2. The van der Waals surface area contributed by atoms with Crippen LogP contribution in [0.3, 0.4) is 0 Å². The fourth-order valence-corrected chi connectivity index (χ4v) is 3.53. The largest absolute Gasteiger partial charge is 0.462 e. The Morgan fingerprint density at radius 2 is 1.90 bits per heavy atom. The number of carbonyl (C=O) groups excluding carboxylic acids is 2. The highest BCUT2D eigenvalue weighted by Crippen LogP contribution is 2.13. The van der Waals surface area contributed by atoms with E-state index in [2.05, 4.69) is 9.69 Å². The fourth-order valence-electron chi connectivity index (χ4n) is 2.86. The molecular weight excluding hydrogens is 396 g/mol. The molecule has 10 heteroatoms. The number of aromatic nitrogens is 3. The second-order valence-electron chi connectivity index (χ2n) is 6.53. The molecule has 2 heterocycles. The summed E-state index contributed by atoms with van der Waals surface area (Å²) in [5.74, 6) is -0.891. The van der Waals surface area contributed by atoms with E-state index in [4.69, 9.17) is 4.74 Å². The van der Waals surface area contributed by atoms with Crippen molar-refractivity contribution in [2.24, 2.45) is 0 Å². The maximum Gasteiger partial charge on any atom is 0.338 e. The number of hydrogen-bond acceptors (Lipinski definition) is 7. The molecule has 1 N–H and O–H groups in total. The lowest BCUT2D eigenvalue weighted by Crippen LogP contribution is -2.42. The van der Waals surface area contributed by atoms with E-state index >= 15 is 0 Å². The van der Waals surface area contributed by atoms with E-state index < -0.39 is 23.1 Å². The lowest BCUT2D eigenvalue weighted by molar-refractivity contribution is -0.116. The van der Waals surface area contributed by atoms with Gasteiger partial charge in [-0.15, -0.1) is 0 Å². The fraction of sp³-hybridized carbons (Fsp3) is 0.316. The van der Waals surface area contributed by atoms with Crippen molar-refractivity contribution in [3.8, 4) is 0 Å². The summed E-state index contributed by atoms with van der Waals surface area (Å²) in [4.78, 5) is 49.5. The molecule has 9 nitrogen and oxygen atoms in total. The van der Waals surface area contributed by atoms with Crippen molar-refractivity contribution in [2.45, 2.75) is 33.4 Å². The smallest absolute Gasteiger partial charge is 0.338 e. The van der Waals surface area contributed by atoms with Crippen LogP contribution in [0, 0.1) is 0 Å². The minimum atomic E-state index is -0.564. The second kappa shape index (κ2) is 8.39. The van der Waals surface area contributed by atoms with Crippen LogP contribution < -0.4 is 16.6 Å². The highest BCUT2D eigenvalue weighted by atomic mass is 32.1. The van der Waals surface area contributed by atoms with E-state index in [0.29, 0.717) is 16.8 Å². The number of carbonyl (C=O) groups is 2. The molecule has 0 bridgehead atoms. The van der Waals surface area contributed by atoms with Gasteiger partial charge in [0, 0.05) is 17.1 Å². The number of nitrogens with one attached hydrogen (secondary N) is 1. The first-order valence-corrected chi connectivity index (χ1v) is 9.83. The summed E-state index contributed by atoms with van der Waals surface area (Å²) in [7, 11) is 0. The summed E-state index contributed by atoms with van der Waals surface area (Å²) in [6.45, 7) is 5.15. The molecule has 3 aromatic rings. The first kappa shape index (κ1) is 20.5. The van der Waals surface area contributed by atoms with Gasteiger partial charge in [0.1, 0.15) is 6.54 Å². The summed E-state index contributed by atoms with van der Waals surface area (Å²) in [5.41, 5.74) is 0.298. The van der Waals surface area contributed by atoms with Crippen molar-refractivity contribution in [2.75, 3.05) is 11.9 Å². The van der Waals surface area contributed by atoms with Crippen molar-refractivity contribution >= 4 is 40.1 Å². The summed E-state index contributed by atoms with van der Waals surface area (Å²) in [5, 5.41) is 4.25. The molecule has 0 saturated heterocycles. The van der Waals surface area contributed by atoms with Gasteiger partial charge in [-0.2, -0.15) is 4.37 Å². The number of anilines is 1. The van der Waals surface area contributed by atoms with Gasteiger partial charge >= 0.3 is 11.7 Å². The molecule has 2 aromatic heterocycles. The predicted molar refractivity (Wildman–Crippen MR) is 110 cm³/mol. The molecule has 0 atom stereocenters. The second-order valence-corrected chi connectivity index (χ2v) is 7.16. The Balaban J connectivity index is 1.85. The van der Waals surface area contributed by atoms with E-state index in [1.165, 1.54) is 4.57 Å². The van der Waals surface area contributed by atoms with Gasteiger partial charge in [0.05, 0.1) is 17.7 Å². The van der Waals surface area contributed by atoms with Crippen LogP contribution in [0.25, 0.3) is 11.0 Å². The average molecular weight is 416 g/mol. The lowest BCUT2D eigenvalue weighted by Gasteiger charge is -2.14. The van der Waals surface area contributed by atoms with Crippen molar-refractivity contribution in [1.29, 1.82) is 0 Å². The van der Waals surface area contributed by atoms with Crippen molar-refractivity contribution in [3.63, 3.8) is 0 Å². The van der Waals surface area contributed by atoms with E-state index in [-0.39, 0.29) is 24.7 Å². The number of rotatable bonds is 6. The summed E-state index contributed by atoms with van der Waals surface area (Å²) in [6.07, 6.45) is 0. The monoisotopic (exact) mass is 416 g/mol. The van der Waals surface area contributed by atoms with Gasteiger partial charge in [0.25, 0.3) is 5.56 Å². The summed E-state index contributed by atoms with van der Waals surface area (Å²) >= 11 is 1.05. The van der Waals surface area contributed by atoms with Gasteiger partial charge in [-0.1, -0.05) is 0 Å². The Morgan fingerprint density at radius 3 is 2.52 bits per heavy atom. The maximum absolute atomic E-state index is 12.8. The van der Waals surface area contributed by atoms with Gasteiger partial charge < -0.3 is 10.1 Å². The molecule has 29 heavy (non-hydrogen) atoms. The third-order valence-corrected chi connectivity index (χ3v) is 4.81. The van der Waals surface area contributed by atoms with Crippen LogP contribution in [0.5, 0.6) is 0 Å². The number of ether oxygens (including phenoxy) is 1. The third-order valence-electron chi connectivity index (χ3n) is 4.20. The zero-order valence-corrected chi connectivity index (χ0v) is 17.0. The molecule has 0 aliphatic heterocycles. The Hall–Kier alpha value is -3.27. The first-order chi connectivity index (χ1) is 13.8. The Kier molecular flexibility index (Phi) is 5.92. The van der Waals surface area contributed by atoms with Crippen LogP contribution in [0.15, 0.2) is 39.2 Å². The first-order valence-electron chi connectivity index (χ1n) is 9.00. The molecule has 0 saturated carbocycles. The van der Waals surface area contributed by atoms with Gasteiger partial charge in [-0.3, -0.25) is 18.7 Å². The van der Waals surface area contributed by atoms with Crippen molar-refractivity contribution < 1.29 is 14.3 Å². The molecule has 0 aliphatic rings. The average Bonchev–Trinajstić information content (AvgIpc) is 3.16. The van der Waals surface area contributed by atoms with Gasteiger partial charge in [0.15, 0.2) is 5.52 Å². The molecule has 1 aromatic carbocycles. The SMILES string of the molecule is CCOC(=O)c1ccc(NC(=O)Cn2c(=O)n(C(C)C)c(=O)c3nscc32)cc1. The molecule has 3 rings (SSSR count). The molecule has 0 unspecified atom stereocenters. The lowest BCUT2D eigenvalue weighted by atomic mass is 10.2. The Bertz CT molecular complexity index is 1170. The molecule has 152 valence electrons. The van der Waals surface area contributed by atoms with Crippen LogP contribution in [-0.2, 0) is 16.1 Å². The van der Waals surface area contributed by atoms with Gasteiger partial charge in [-0.25, -0.2) is 9.59 Å². The molecule has 1 amide bonds. The molecular formula is C19H20N4O5S. The van der Waals surface area contributed by atoms with Crippen LogP contribution >= 0.6 is 11.5 Å². The number of esters is 1. The van der Waals surface area contributed by atoms with Crippen LogP contribution in [0.4, 0.5) is 5.69 Å². The third kappa shape index (κ3) is 4.11. The Morgan fingerprint density at radius 1 is 1.21 bits per heavy atom. The summed E-state index contributed by atoms with van der Waals surface area (Å²) < 4.78 is 11.3. The highest BCUT2D eigenvalue weighted by molar-refractivity contribution is 7.04. The van der Waals surface area contributed by atoms with E-state index in [1.807, 2.05) is 0 Å². The van der Waals surface area contributed by atoms with Crippen LogP contribution in [0.1, 0.15) is 37.2 Å². The maximum atomic E-state index is 12.8. The van der Waals surface area contributed by atoms with E-state index in [1.54, 1.807) is 50.4 Å². The zero-order chi connectivity index (χ0) is 21.1. The molecule has 0 radical (unpaired) electrons. The van der Waals surface area contributed by atoms with Gasteiger partial charge in [-0.05, 0) is 56.6 Å². The van der Waals surface area contributed by atoms with Crippen LogP contribution in [-0.4, -0.2) is 32.0 Å². The number of hydrogen-bond donors (Lipinski definition) is 1. The van der Waals surface area contributed by atoms with E-state index in [0.717, 1.165) is 16.1 Å². The minimum Gasteiger partial charge on any atom is -0.462 e. The summed E-state index contributed by atoms with van der Waals surface area (Å²) in [6, 6.07) is 5.86. The number of benzene rings is 1. The number of amides is 1. The normalized spacial score (nSPS) is 11.0. The molecule has 0 fully saturated rings. The molecule has 0 spiro atoms. The number of nitrogens with zero attached hydrogens (tertiary/aromatic N) is 3. The highest BCUT2D eigenvalue weighted by Gasteiger charge is 2.19. The topological polar surface area (TPSA) is 112 Å². The van der Waals surface area contributed by atoms with Crippen LogP contribution in [0.2, 0.25) is 0 Å². The minimum absolute atomic E-state index is 0.162. The molecule has 0 aliphatic carbocycles.